The van der Waals surface area contributed by atoms with Crippen molar-refractivity contribution in [2.24, 2.45) is 0 Å². The molecule has 1 aliphatic heterocycles. The fourth-order valence-corrected chi connectivity index (χ4v) is 1.94. The smallest absolute Gasteiger partial charge is 0.334 e. The molecule has 2 atom stereocenters. The molecule has 2 rings (SSSR count). The van der Waals surface area contributed by atoms with Crippen LogP contribution in [0.15, 0.2) is 6.33 Å². The Bertz CT molecular complexity index is 473. The Morgan fingerprint density at radius 1 is 1.68 bits per heavy atom. The van der Waals surface area contributed by atoms with Gasteiger partial charge in [-0.05, 0) is 0 Å². The van der Waals surface area contributed by atoms with Gasteiger partial charge in [0.05, 0.1) is 30.3 Å². The number of carboxylic acids is 1. The van der Waals surface area contributed by atoms with Crippen molar-refractivity contribution < 1.29 is 19.4 Å². The number of ether oxygens (including phenoxy) is 1. The maximum absolute atomic E-state index is 11.9. The van der Waals surface area contributed by atoms with E-state index in [1.165, 1.54) is 7.11 Å². The molecule has 104 valence electrons. The number of hydrogen-bond acceptors (Lipinski definition) is 5. The van der Waals surface area contributed by atoms with Crippen LogP contribution >= 0.6 is 0 Å². The van der Waals surface area contributed by atoms with Gasteiger partial charge in [-0.25, -0.2) is 9.78 Å². The number of H-pyrrole nitrogens is 1. The van der Waals surface area contributed by atoms with Gasteiger partial charge < -0.3 is 20.1 Å². The summed E-state index contributed by atoms with van der Waals surface area (Å²) in [6, 6.07) is -0.401. The van der Waals surface area contributed by atoms with Crippen LogP contribution in [0, 0.1) is 0 Å². The number of methoxy groups -OCH3 is 1. The summed E-state index contributed by atoms with van der Waals surface area (Å²) in [5.41, 5.74) is 1.84. The average molecular weight is 268 g/mol. The lowest BCUT2D eigenvalue weighted by molar-refractivity contribution is -0.148. The minimum atomic E-state index is -1.10. The molecule has 0 aliphatic carbocycles. The van der Waals surface area contributed by atoms with Gasteiger partial charge >= 0.3 is 5.97 Å². The number of nitrogens with zero attached hydrogens (tertiary/aromatic N) is 1. The second-order valence-corrected chi connectivity index (χ2v) is 4.27. The minimum absolute atomic E-state index is 0.0593. The zero-order valence-corrected chi connectivity index (χ0v) is 10.5. The summed E-state index contributed by atoms with van der Waals surface area (Å²) in [6.07, 6.45) is 1.04. The van der Waals surface area contributed by atoms with Crippen LogP contribution in [-0.2, 0) is 27.3 Å². The van der Waals surface area contributed by atoms with Gasteiger partial charge in [0, 0.05) is 20.1 Å². The Labute approximate surface area is 109 Å². The van der Waals surface area contributed by atoms with Crippen LogP contribution in [0.4, 0.5) is 0 Å². The van der Waals surface area contributed by atoms with E-state index in [9.17, 15) is 9.59 Å². The van der Waals surface area contributed by atoms with Crippen molar-refractivity contribution in [2.75, 3.05) is 13.7 Å². The Morgan fingerprint density at radius 2 is 2.47 bits per heavy atom. The molecule has 1 aromatic heterocycles. The molecular formula is C11H16N4O4. The Morgan fingerprint density at radius 3 is 3.16 bits per heavy atom. The van der Waals surface area contributed by atoms with Crippen molar-refractivity contribution in [3.8, 4) is 0 Å². The highest BCUT2D eigenvalue weighted by Crippen LogP contribution is 2.11. The molecule has 8 heteroatoms. The summed E-state index contributed by atoms with van der Waals surface area (Å²) in [5.74, 6) is -1.36. The predicted molar refractivity (Wildman–Crippen MR) is 64.4 cm³/mol. The SMILES string of the molecule is COC(CNC(=O)C1Cc2nc[nH]c2CN1)C(=O)O. The van der Waals surface area contributed by atoms with Crippen molar-refractivity contribution in [1.29, 1.82) is 0 Å². The quantitative estimate of drug-likeness (QED) is 0.524. The topological polar surface area (TPSA) is 116 Å². The van der Waals surface area contributed by atoms with Gasteiger partial charge in [0.25, 0.3) is 0 Å². The third kappa shape index (κ3) is 3.09. The fraction of sp³-hybridized carbons (Fsp3) is 0.545. The first-order valence-corrected chi connectivity index (χ1v) is 5.89. The van der Waals surface area contributed by atoms with Gasteiger partial charge in [0.1, 0.15) is 0 Å². The largest absolute Gasteiger partial charge is 0.479 e. The summed E-state index contributed by atoms with van der Waals surface area (Å²) < 4.78 is 4.74. The number of aromatic amines is 1. The standard InChI is InChI=1S/C11H16N4O4/c1-19-9(11(17)18)4-13-10(16)7-2-6-8(3-12-7)15-5-14-6/h5,7,9,12H,2-4H2,1H3,(H,13,16)(H,14,15)(H,17,18). The molecule has 2 unspecified atom stereocenters. The molecule has 1 amide bonds. The normalized spacial score (nSPS) is 19.5. The lowest BCUT2D eigenvalue weighted by atomic mass is 10.0. The summed E-state index contributed by atoms with van der Waals surface area (Å²) in [7, 11) is 1.29. The lowest BCUT2D eigenvalue weighted by Crippen LogP contribution is -2.50. The molecule has 0 saturated carbocycles. The average Bonchev–Trinajstić information content (AvgIpc) is 2.85. The van der Waals surface area contributed by atoms with Crippen molar-refractivity contribution >= 4 is 11.9 Å². The van der Waals surface area contributed by atoms with E-state index in [4.69, 9.17) is 9.84 Å². The second-order valence-electron chi connectivity index (χ2n) is 4.27. The molecule has 0 fully saturated rings. The van der Waals surface area contributed by atoms with E-state index in [0.29, 0.717) is 13.0 Å². The van der Waals surface area contributed by atoms with Crippen molar-refractivity contribution in [2.45, 2.75) is 25.1 Å². The number of carbonyl (C=O) groups excluding carboxylic acids is 1. The Balaban J connectivity index is 1.86. The first kappa shape index (κ1) is 13.5. The number of carbonyl (C=O) groups is 2. The number of fused-ring (bicyclic) bond motifs is 1. The molecule has 4 N–H and O–H groups in total. The van der Waals surface area contributed by atoms with E-state index in [1.54, 1.807) is 6.33 Å². The number of hydrogen-bond donors (Lipinski definition) is 4. The van der Waals surface area contributed by atoms with Crippen molar-refractivity contribution in [1.82, 2.24) is 20.6 Å². The van der Waals surface area contributed by atoms with Crippen LogP contribution in [0.2, 0.25) is 0 Å². The van der Waals surface area contributed by atoms with Gasteiger partial charge in [0.2, 0.25) is 5.91 Å². The highest BCUT2D eigenvalue weighted by molar-refractivity contribution is 5.83. The van der Waals surface area contributed by atoms with Crippen molar-refractivity contribution in [3.63, 3.8) is 0 Å². The number of nitrogens with one attached hydrogen (secondary N) is 3. The number of carboxylic acid groups (broad SMARTS) is 1. The van der Waals surface area contributed by atoms with Crippen LogP contribution in [0.25, 0.3) is 0 Å². The van der Waals surface area contributed by atoms with Gasteiger partial charge in [-0.15, -0.1) is 0 Å². The molecule has 1 aliphatic rings. The van der Waals surface area contributed by atoms with E-state index in [-0.39, 0.29) is 12.5 Å². The molecule has 0 radical (unpaired) electrons. The van der Waals surface area contributed by atoms with Gasteiger partial charge in [-0.2, -0.15) is 0 Å². The van der Waals surface area contributed by atoms with Gasteiger partial charge in [-0.3, -0.25) is 10.1 Å². The van der Waals surface area contributed by atoms with Gasteiger partial charge in [-0.1, -0.05) is 0 Å². The number of amides is 1. The van der Waals surface area contributed by atoms with Crippen LogP contribution in [0.3, 0.4) is 0 Å². The summed E-state index contributed by atoms with van der Waals surface area (Å²) in [5, 5.41) is 14.4. The van der Waals surface area contributed by atoms with E-state index >= 15 is 0 Å². The minimum Gasteiger partial charge on any atom is -0.479 e. The number of aliphatic carboxylic acids is 1. The molecule has 1 aromatic rings. The van der Waals surface area contributed by atoms with Crippen LogP contribution in [0.5, 0.6) is 0 Å². The first-order chi connectivity index (χ1) is 9.11. The summed E-state index contributed by atoms with van der Waals surface area (Å²) >= 11 is 0. The zero-order valence-electron chi connectivity index (χ0n) is 10.5. The van der Waals surface area contributed by atoms with E-state index < -0.39 is 18.1 Å². The molecule has 0 bridgehead atoms. The van der Waals surface area contributed by atoms with Crippen molar-refractivity contribution in [3.05, 3.63) is 17.7 Å². The maximum Gasteiger partial charge on any atom is 0.334 e. The third-order valence-corrected chi connectivity index (χ3v) is 3.07. The number of aromatic nitrogens is 2. The lowest BCUT2D eigenvalue weighted by Gasteiger charge is -2.22. The summed E-state index contributed by atoms with van der Waals surface area (Å²) in [4.78, 5) is 29.8. The monoisotopic (exact) mass is 268 g/mol. The number of imidazole rings is 1. The maximum atomic E-state index is 11.9. The van der Waals surface area contributed by atoms with E-state index in [1.807, 2.05) is 0 Å². The second kappa shape index (κ2) is 5.81. The third-order valence-electron chi connectivity index (χ3n) is 3.07. The fourth-order valence-electron chi connectivity index (χ4n) is 1.94. The molecule has 2 heterocycles. The molecule has 8 nitrogen and oxygen atoms in total. The molecule has 19 heavy (non-hydrogen) atoms. The van der Waals surface area contributed by atoms with Crippen LogP contribution in [-0.4, -0.2) is 52.8 Å². The van der Waals surface area contributed by atoms with E-state index in [0.717, 1.165) is 11.4 Å². The Hall–Kier alpha value is -1.93. The number of rotatable bonds is 5. The Kier molecular flexibility index (Phi) is 4.13. The predicted octanol–water partition coefficient (Wildman–Crippen LogP) is -1.36. The molecule has 0 aromatic carbocycles. The van der Waals surface area contributed by atoms with Gasteiger partial charge in [0.15, 0.2) is 6.10 Å². The highest BCUT2D eigenvalue weighted by atomic mass is 16.5. The molecular weight excluding hydrogens is 252 g/mol. The first-order valence-electron chi connectivity index (χ1n) is 5.89. The molecule has 0 saturated heterocycles. The van der Waals surface area contributed by atoms with E-state index in [2.05, 4.69) is 20.6 Å². The van der Waals surface area contributed by atoms with Crippen LogP contribution < -0.4 is 10.6 Å². The molecule has 0 spiro atoms. The zero-order chi connectivity index (χ0) is 13.8. The summed E-state index contributed by atoms with van der Waals surface area (Å²) in [6.45, 7) is 0.482. The highest BCUT2D eigenvalue weighted by Gasteiger charge is 2.26. The van der Waals surface area contributed by atoms with Crippen LogP contribution in [0.1, 0.15) is 11.4 Å².